The maximum absolute atomic E-state index is 13.9. The van der Waals surface area contributed by atoms with Crippen LogP contribution in [0.3, 0.4) is 0 Å². The highest BCUT2D eigenvalue weighted by molar-refractivity contribution is 7.58. The Kier molecular flexibility index (Phi) is 5.88. The van der Waals surface area contributed by atoms with Gasteiger partial charge in [0.2, 0.25) is 3.79 Å². The van der Waals surface area contributed by atoms with Gasteiger partial charge in [-0.25, -0.2) is 9.34 Å². The van der Waals surface area contributed by atoms with Crippen LogP contribution in [0.1, 0.15) is 38.5 Å². The van der Waals surface area contributed by atoms with Gasteiger partial charge in [0.25, 0.3) is 0 Å². The highest BCUT2D eigenvalue weighted by atomic mass is 35.6. The van der Waals surface area contributed by atoms with E-state index >= 15 is 0 Å². The van der Waals surface area contributed by atoms with Crippen LogP contribution in [0.2, 0.25) is 0 Å². The second-order valence-corrected chi connectivity index (χ2v) is 11.1. The van der Waals surface area contributed by atoms with Crippen molar-refractivity contribution in [3.8, 4) is 0 Å². The fourth-order valence-electron chi connectivity index (χ4n) is 3.58. The van der Waals surface area contributed by atoms with Gasteiger partial charge in [-0.1, -0.05) is 34.8 Å². The number of hydrogen-bond acceptors (Lipinski definition) is 1. The standard InChI is InChI=1S/C14H24Cl3N4OP/c15-14(16,17)13(19-7-1-2-8-19)18-23(22,20-9-3-4-10-20)21-11-5-6-12-21/h1-12H2. The molecule has 0 aromatic carbocycles. The van der Waals surface area contributed by atoms with Crippen LogP contribution >= 0.6 is 42.4 Å². The molecule has 0 bridgehead atoms. The van der Waals surface area contributed by atoms with Crippen molar-refractivity contribution in [2.75, 3.05) is 39.3 Å². The molecule has 9 heteroatoms. The number of hydrogen-bond donors (Lipinski definition) is 0. The molecule has 3 heterocycles. The molecule has 0 radical (unpaired) electrons. The first-order chi connectivity index (χ1) is 10.9. The summed E-state index contributed by atoms with van der Waals surface area (Å²) < 4.78 is 21.0. The minimum atomic E-state index is -3.06. The van der Waals surface area contributed by atoms with Crippen molar-refractivity contribution in [2.45, 2.75) is 42.3 Å². The number of halogens is 3. The van der Waals surface area contributed by atoms with Crippen LogP contribution in [-0.2, 0) is 4.57 Å². The summed E-state index contributed by atoms with van der Waals surface area (Å²) in [6.07, 6.45) is 6.33. The molecule has 3 saturated heterocycles. The van der Waals surface area contributed by atoms with Crippen molar-refractivity contribution in [3.05, 3.63) is 0 Å². The summed E-state index contributed by atoms with van der Waals surface area (Å²) in [5, 5.41) is 0. The van der Waals surface area contributed by atoms with Crippen molar-refractivity contribution in [2.24, 2.45) is 4.76 Å². The Bertz CT molecular complexity index is 473. The average molecular weight is 402 g/mol. The van der Waals surface area contributed by atoms with Gasteiger partial charge in [-0.05, 0) is 38.5 Å². The van der Waals surface area contributed by atoms with E-state index in [1.165, 1.54) is 0 Å². The Morgan fingerprint density at radius 3 is 1.57 bits per heavy atom. The van der Waals surface area contributed by atoms with Crippen molar-refractivity contribution >= 4 is 48.2 Å². The second-order valence-electron chi connectivity index (χ2n) is 6.45. The molecule has 0 spiro atoms. The van der Waals surface area contributed by atoms with Gasteiger partial charge in [-0.15, -0.1) is 0 Å². The average Bonchev–Trinajstić information content (AvgIpc) is 3.27. The van der Waals surface area contributed by atoms with E-state index in [4.69, 9.17) is 34.8 Å². The smallest absolute Gasteiger partial charge is 0.331 e. The Labute approximate surface area is 153 Å². The lowest BCUT2D eigenvalue weighted by Crippen LogP contribution is -2.39. The monoisotopic (exact) mass is 400 g/mol. The van der Waals surface area contributed by atoms with Crippen molar-refractivity contribution < 1.29 is 4.57 Å². The Morgan fingerprint density at radius 1 is 0.783 bits per heavy atom. The van der Waals surface area contributed by atoms with Gasteiger partial charge in [0.05, 0.1) is 0 Å². The number of rotatable bonds is 3. The van der Waals surface area contributed by atoms with E-state index in [-0.39, 0.29) is 0 Å². The third kappa shape index (κ3) is 4.02. The number of likely N-dealkylation sites (tertiary alicyclic amines) is 1. The molecular weight excluding hydrogens is 378 g/mol. The molecule has 0 atom stereocenters. The van der Waals surface area contributed by atoms with E-state index in [1.807, 2.05) is 14.2 Å². The first-order valence-electron chi connectivity index (χ1n) is 8.44. The van der Waals surface area contributed by atoms with E-state index in [9.17, 15) is 4.57 Å². The van der Waals surface area contributed by atoms with Gasteiger partial charge >= 0.3 is 7.59 Å². The van der Waals surface area contributed by atoms with Crippen LogP contribution in [-0.4, -0.2) is 63.1 Å². The van der Waals surface area contributed by atoms with E-state index < -0.39 is 11.4 Å². The zero-order valence-corrected chi connectivity index (χ0v) is 16.4. The topological polar surface area (TPSA) is 39.2 Å². The zero-order valence-electron chi connectivity index (χ0n) is 13.3. The molecule has 0 aromatic heterocycles. The molecule has 0 aromatic rings. The number of alkyl halides is 3. The van der Waals surface area contributed by atoms with E-state index in [2.05, 4.69) is 4.76 Å². The lowest BCUT2D eigenvalue weighted by molar-refractivity contribution is 0.392. The molecule has 3 fully saturated rings. The quantitative estimate of drug-likeness (QED) is 0.308. The zero-order chi connectivity index (χ0) is 16.5. The van der Waals surface area contributed by atoms with Gasteiger partial charge in [0.1, 0.15) is 0 Å². The van der Waals surface area contributed by atoms with Crippen LogP contribution in [0.15, 0.2) is 4.76 Å². The first kappa shape index (κ1) is 18.3. The minimum absolute atomic E-state index is 0.363. The summed E-state index contributed by atoms with van der Waals surface area (Å²) in [5.74, 6) is 0.363. The summed E-state index contributed by atoms with van der Waals surface area (Å²) >= 11 is 18.6. The molecule has 0 unspecified atom stereocenters. The third-order valence-electron chi connectivity index (χ3n) is 4.79. The second kappa shape index (κ2) is 7.39. The molecule has 5 nitrogen and oxygen atoms in total. The maximum Gasteiger partial charge on any atom is 0.331 e. The predicted octanol–water partition coefficient (Wildman–Crippen LogP) is 4.15. The Morgan fingerprint density at radius 2 is 1.17 bits per heavy atom. The first-order valence-corrected chi connectivity index (χ1v) is 11.1. The van der Waals surface area contributed by atoms with Gasteiger partial charge in [-0.3, -0.25) is 4.57 Å². The largest absolute Gasteiger partial charge is 0.356 e. The van der Waals surface area contributed by atoms with Crippen LogP contribution in [0.25, 0.3) is 0 Å². The molecule has 132 valence electrons. The van der Waals surface area contributed by atoms with Crippen molar-refractivity contribution in [1.82, 2.24) is 14.2 Å². The van der Waals surface area contributed by atoms with Crippen LogP contribution in [0.4, 0.5) is 0 Å². The summed E-state index contributed by atoms with van der Waals surface area (Å²) in [4.78, 5) is 1.99. The fraction of sp³-hybridized carbons (Fsp3) is 0.929. The normalized spacial score (nSPS) is 25.7. The molecule has 3 aliphatic heterocycles. The molecular formula is C14H24Cl3N4OP. The van der Waals surface area contributed by atoms with E-state index in [0.717, 1.165) is 77.8 Å². The lowest BCUT2D eigenvalue weighted by Gasteiger charge is -2.34. The van der Waals surface area contributed by atoms with Gasteiger partial charge in [-0.2, -0.15) is 4.76 Å². The highest BCUT2D eigenvalue weighted by Gasteiger charge is 2.44. The Balaban J connectivity index is 1.97. The maximum atomic E-state index is 13.9. The van der Waals surface area contributed by atoms with Crippen LogP contribution in [0, 0.1) is 0 Å². The molecule has 0 aliphatic carbocycles. The molecule has 0 N–H and O–H groups in total. The number of amidine groups is 1. The summed E-state index contributed by atoms with van der Waals surface area (Å²) in [7, 11) is -3.06. The van der Waals surface area contributed by atoms with Crippen molar-refractivity contribution in [1.29, 1.82) is 0 Å². The van der Waals surface area contributed by atoms with Gasteiger partial charge in [0, 0.05) is 39.3 Å². The van der Waals surface area contributed by atoms with Gasteiger partial charge < -0.3 is 4.90 Å². The molecule has 0 amide bonds. The van der Waals surface area contributed by atoms with Gasteiger partial charge in [0.15, 0.2) is 5.84 Å². The van der Waals surface area contributed by atoms with E-state index in [1.54, 1.807) is 0 Å². The number of nitrogens with zero attached hydrogens (tertiary/aromatic N) is 4. The van der Waals surface area contributed by atoms with Crippen LogP contribution in [0.5, 0.6) is 0 Å². The van der Waals surface area contributed by atoms with Crippen molar-refractivity contribution in [3.63, 3.8) is 0 Å². The molecule has 0 saturated carbocycles. The third-order valence-corrected chi connectivity index (χ3v) is 8.02. The minimum Gasteiger partial charge on any atom is -0.356 e. The summed E-state index contributed by atoms with van der Waals surface area (Å²) in [5.41, 5.74) is 0. The molecule has 3 rings (SSSR count). The Hall–Kier alpha value is 0.490. The summed E-state index contributed by atoms with van der Waals surface area (Å²) in [6, 6.07) is 0. The molecule has 3 aliphatic rings. The fourth-order valence-corrected chi connectivity index (χ4v) is 6.98. The predicted molar refractivity (Wildman–Crippen MR) is 97.8 cm³/mol. The van der Waals surface area contributed by atoms with E-state index in [0.29, 0.717) is 5.84 Å². The van der Waals surface area contributed by atoms with Crippen LogP contribution < -0.4 is 0 Å². The lowest BCUT2D eigenvalue weighted by atomic mass is 10.4. The SMILES string of the molecule is O=P(N=C(N1CCCC1)C(Cl)(Cl)Cl)(N1CCCC1)N1CCCC1. The highest BCUT2D eigenvalue weighted by Crippen LogP contribution is 2.58. The summed E-state index contributed by atoms with van der Waals surface area (Å²) in [6.45, 7) is 4.86. The molecule has 23 heavy (non-hydrogen) atoms.